The van der Waals surface area contributed by atoms with Gasteiger partial charge in [-0.3, -0.25) is 9.48 Å². The molecule has 0 atom stereocenters. The first-order valence-corrected chi connectivity index (χ1v) is 10.1. The summed E-state index contributed by atoms with van der Waals surface area (Å²) in [5.74, 6) is 1.47. The van der Waals surface area contributed by atoms with Crippen LogP contribution in [0.4, 0.5) is 0 Å². The molecule has 0 spiro atoms. The van der Waals surface area contributed by atoms with E-state index < -0.39 is 0 Å². The molecule has 0 unspecified atom stereocenters. The Morgan fingerprint density at radius 1 is 1.03 bits per heavy atom. The van der Waals surface area contributed by atoms with Crippen molar-refractivity contribution in [1.29, 1.82) is 0 Å². The second-order valence-corrected chi connectivity index (χ2v) is 7.74. The molecule has 0 bridgehead atoms. The van der Waals surface area contributed by atoms with Gasteiger partial charge in [0.25, 0.3) is 5.91 Å². The van der Waals surface area contributed by atoms with Crippen LogP contribution in [0.3, 0.4) is 0 Å². The third kappa shape index (κ3) is 3.90. The van der Waals surface area contributed by atoms with Crippen LogP contribution in [0.15, 0.2) is 42.5 Å². The lowest BCUT2D eigenvalue weighted by Crippen LogP contribution is -2.36. The van der Waals surface area contributed by atoms with Gasteiger partial charge < -0.3 is 14.4 Å². The smallest absolute Gasteiger partial charge is 0.254 e. The van der Waals surface area contributed by atoms with Crippen molar-refractivity contribution in [2.45, 2.75) is 33.4 Å². The van der Waals surface area contributed by atoms with Crippen LogP contribution in [0, 0.1) is 13.8 Å². The maximum absolute atomic E-state index is 13.2. The van der Waals surface area contributed by atoms with Crippen LogP contribution in [-0.2, 0) is 19.5 Å². The first kappa shape index (κ1) is 20.0. The van der Waals surface area contributed by atoms with E-state index in [0.717, 1.165) is 34.7 Å². The third-order valence-corrected chi connectivity index (χ3v) is 5.61. The number of benzene rings is 2. The van der Waals surface area contributed by atoms with E-state index in [4.69, 9.17) is 9.47 Å². The summed E-state index contributed by atoms with van der Waals surface area (Å²) in [6.07, 6.45) is 0.798. The molecule has 1 aliphatic rings. The van der Waals surface area contributed by atoms with Crippen molar-refractivity contribution in [1.82, 2.24) is 14.7 Å². The lowest BCUT2D eigenvalue weighted by Gasteiger charge is -2.30. The normalized spacial score (nSPS) is 13.1. The molecule has 6 nitrogen and oxygen atoms in total. The number of carbonyl (C=O) groups excluding carboxylic acids is 1. The van der Waals surface area contributed by atoms with Gasteiger partial charge in [0, 0.05) is 24.3 Å². The molecule has 0 saturated carbocycles. The molecule has 2 heterocycles. The standard InChI is InChI=1S/C24H27N3O3/c1-16-10-17(2)27(25-16)14-18-6-5-7-20(11-18)24(28)26-9-8-19-12-22(29-3)23(30-4)13-21(19)15-26/h5-7,10-13H,8-9,14-15H2,1-4H3. The van der Waals surface area contributed by atoms with E-state index in [1.165, 1.54) is 5.56 Å². The molecular formula is C24H27N3O3. The summed E-state index contributed by atoms with van der Waals surface area (Å²) in [6, 6.07) is 13.9. The molecule has 1 amide bonds. The van der Waals surface area contributed by atoms with Gasteiger partial charge in [0.15, 0.2) is 11.5 Å². The molecule has 0 aliphatic carbocycles. The van der Waals surface area contributed by atoms with Crippen molar-refractivity contribution in [2.24, 2.45) is 0 Å². The molecule has 6 heteroatoms. The summed E-state index contributed by atoms with van der Waals surface area (Å²) in [7, 11) is 3.27. The SMILES string of the molecule is COc1cc2c(cc1OC)CN(C(=O)c1cccc(Cn3nc(C)cc3C)c1)CC2. The number of aryl methyl sites for hydroxylation is 2. The van der Waals surface area contributed by atoms with Gasteiger partial charge in [-0.05, 0) is 67.3 Å². The van der Waals surface area contributed by atoms with Crippen LogP contribution in [0.2, 0.25) is 0 Å². The number of hydrogen-bond donors (Lipinski definition) is 0. The maximum Gasteiger partial charge on any atom is 0.254 e. The molecule has 2 aromatic carbocycles. The predicted molar refractivity (Wildman–Crippen MR) is 115 cm³/mol. The van der Waals surface area contributed by atoms with E-state index >= 15 is 0 Å². The number of methoxy groups -OCH3 is 2. The summed E-state index contributed by atoms with van der Waals surface area (Å²) in [5, 5.41) is 4.52. The van der Waals surface area contributed by atoms with Crippen LogP contribution in [0.1, 0.15) is 38.4 Å². The molecule has 0 radical (unpaired) electrons. The molecule has 1 aliphatic heterocycles. The Bertz CT molecular complexity index is 1090. The molecule has 0 saturated heterocycles. The van der Waals surface area contributed by atoms with Gasteiger partial charge in [-0.1, -0.05) is 12.1 Å². The van der Waals surface area contributed by atoms with Crippen LogP contribution in [0.5, 0.6) is 11.5 Å². The van der Waals surface area contributed by atoms with E-state index in [2.05, 4.69) is 11.2 Å². The van der Waals surface area contributed by atoms with Gasteiger partial charge in [-0.15, -0.1) is 0 Å². The zero-order valence-electron chi connectivity index (χ0n) is 17.9. The molecule has 0 N–H and O–H groups in total. The van der Waals surface area contributed by atoms with E-state index in [-0.39, 0.29) is 5.91 Å². The minimum Gasteiger partial charge on any atom is -0.493 e. The predicted octanol–water partition coefficient (Wildman–Crippen LogP) is 3.76. The van der Waals surface area contributed by atoms with Gasteiger partial charge in [0.2, 0.25) is 0 Å². The highest BCUT2D eigenvalue weighted by atomic mass is 16.5. The Balaban J connectivity index is 1.53. The van der Waals surface area contributed by atoms with Crippen molar-refractivity contribution < 1.29 is 14.3 Å². The fourth-order valence-electron chi connectivity index (χ4n) is 4.05. The van der Waals surface area contributed by atoms with Crippen molar-refractivity contribution in [2.75, 3.05) is 20.8 Å². The summed E-state index contributed by atoms with van der Waals surface area (Å²) >= 11 is 0. The highest BCUT2D eigenvalue weighted by Gasteiger charge is 2.24. The minimum atomic E-state index is 0.0469. The largest absolute Gasteiger partial charge is 0.493 e. The molecule has 156 valence electrons. The summed E-state index contributed by atoms with van der Waals surface area (Å²) < 4.78 is 12.8. The fraction of sp³-hybridized carbons (Fsp3) is 0.333. The lowest BCUT2D eigenvalue weighted by atomic mass is 9.98. The van der Waals surface area contributed by atoms with Crippen molar-refractivity contribution in [3.8, 4) is 11.5 Å². The van der Waals surface area contributed by atoms with E-state index in [0.29, 0.717) is 30.9 Å². The average Bonchev–Trinajstić information content (AvgIpc) is 3.08. The number of carbonyl (C=O) groups is 1. The Hall–Kier alpha value is -3.28. The number of ether oxygens (including phenoxy) is 2. The third-order valence-electron chi connectivity index (χ3n) is 5.61. The van der Waals surface area contributed by atoms with Gasteiger partial charge >= 0.3 is 0 Å². The highest BCUT2D eigenvalue weighted by molar-refractivity contribution is 5.94. The van der Waals surface area contributed by atoms with E-state index in [1.54, 1.807) is 14.2 Å². The Labute approximate surface area is 177 Å². The van der Waals surface area contributed by atoms with Gasteiger partial charge in [0.1, 0.15) is 0 Å². The zero-order chi connectivity index (χ0) is 21.3. The average molecular weight is 405 g/mol. The molecule has 1 aromatic heterocycles. The molecule has 30 heavy (non-hydrogen) atoms. The summed E-state index contributed by atoms with van der Waals surface area (Å²) in [4.78, 5) is 15.1. The number of fused-ring (bicyclic) bond motifs is 1. The van der Waals surface area contributed by atoms with Gasteiger partial charge in [0.05, 0.1) is 26.5 Å². The number of hydrogen-bond acceptors (Lipinski definition) is 4. The Kier molecular flexibility index (Phi) is 5.48. The minimum absolute atomic E-state index is 0.0469. The van der Waals surface area contributed by atoms with Gasteiger partial charge in [-0.25, -0.2) is 0 Å². The molecule has 0 fully saturated rings. The van der Waals surface area contributed by atoms with Crippen LogP contribution < -0.4 is 9.47 Å². The molecular weight excluding hydrogens is 378 g/mol. The van der Waals surface area contributed by atoms with Crippen molar-refractivity contribution >= 4 is 5.91 Å². The Morgan fingerprint density at radius 2 is 1.77 bits per heavy atom. The van der Waals surface area contributed by atoms with E-state index in [1.807, 2.05) is 59.8 Å². The monoisotopic (exact) mass is 405 g/mol. The van der Waals surface area contributed by atoms with Crippen molar-refractivity contribution in [3.05, 3.63) is 76.1 Å². The highest BCUT2D eigenvalue weighted by Crippen LogP contribution is 2.33. The van der Waals surface area contributed by atoms with Crippen LogP contribution in [0.25, 0.3) is 0 Å². The second kappa shape index (κ2) is 8.22. The summed E-state index contributed by atoms with van der Waals surface area (Å²) in [6.45, 7) is 5.94. The fourth-order valence-corrected chi connectivity index (χ4v) is 4.05. The van der Waals surface area contributed by atoms with E-state index in [9.17, 15) is 4.79 Å². The lowest BCUT2D eigenvalue weighted by molar-refractivity contribution is 0.0734. The number of rotatable bonds is 5. The maximum atomic E-state index is 13.2. The Morgan fingerprint density at radius 3 is 2.43 bits per heavy atom. The first-order chi connectivity index (χ1) is 14.5. The summed E-state index contributed by atoms with van der Waals surface area (Å²) in [5.41, 5.74) is 6.19. The van der Waals surface area contributed by atoms with Crippen LogP contribution >= 0.6 is 0 Å². The number of amides is 1. The second-order valence-electron chi connectivity index (χ2n) is 7.74. The first-order valence-electron chi connectivity index (χ1n) is 10.1. The number of nitrogens with zero attached hydrogens (tertiary/aromatic N) is 3. The van der Waals surface area contributed by atoms with Gasteiger partial charge in [-0.2, -0.15) is 5.10 Å². The molecule has 4 rings (SSSR count). The topological polar surface area (TPSA) is 56.6 Å². The quantitative estimate of drug-likeness (QED) is 0.649. The van der Waals surface area contributed by atoms with Crippen molar-refractivity contribution in [3.63, 3.8) is 0 Å². The number of aromatic nitrogens is 2. The molecule has 3 aromatic rings. The zero-order valence-corrected chi connectivity index (χ0v) is 17.9. The van der Waals surface area contributed by atoms with Crippen LogP contribution in [-0.4, -0.2) is 41.4 Å².